The molecule has 190 valence electrons. The quantitative estimate of drug-likeness (QED) is 0.385. The maximum atomic E-state index is 14.4. The van der Waals surface area contributed by atoms with Crippen molar-refractivity contribution in [3.63, 3.8) is 0 Å². The van der Waals surface area contributed by atoms with Crippen molar-refractivity contribution in [1.29, 1.82) is 0 Å². The van der Waals surface area contributed by atoms with Gasteiger partial charge in [0.25, 0.3) is 0 Å². The first kappa shape index (κ1) is 25.6. The summed E-state index contributed by atoms with van der Waals surface area (Å²) in [4.78, 5) is 0. The third kappa shape index (κ3) is 6.19. The Morgan fingerprint density at radius 2 is 1.38 bits per heavy atom. The molecule has 1 unspecified atom stereocenters. The maximum absolute atomic E-state index is 14.4. The van der Waals surface area contributed by atoms with Crippen LogP contribution in [0.4, 0.5) is 26.3 Å². The largest absolute Gasteiger partial charge is 0.412 e. The Labute approximate surface area is 197 Å². The van der Waals surface area contributed by atoms with Crippen molar-refractivity contribution in [3.8, 4) is 0 Å². The minimum absolute atomic E-state index is 0.0930. The first-order valence-corrected chi connectivity index (χ1v) is 12.7. The average molecular weight is 489 g/mol. The van der Waals surface area contributed by atoms with Gasteiger partial charge in [-0.3, -0.25) is 0 Å². The number of ether oxygens (including phenoxy) is 1. The number of benzene rings is 1. The molecular formula is C27H34F6O. The molecule has 34 heavy (non-hydrogen) atoms. The van der Waals surface area contributed by atoms with E-state index in [1.807, 2.05) is 0 Å². The fourth-order valence-electron chi connectivity index (χ4n) is 6.39. The van der Waals surface area contributed by atoms with E-state index in [9.17, 15) is 26.3 Å². The fourth-order valence-corrected chi connectivity index (χ4v) is 6.39. The normalized spacial score (nSPS) is 33.7. The summed E-state index contributed by atoms with van der Waals surface area (Å²) in [6, 6.07) is 1.97. The molecule has 1 aromatic carbocycles. The highest BCUT2D eigenvalue weighted by Gasteiger charge is 2.35. The molecule has 1 nitrogen and oxygen atoms in total. The third-order valence-corrected chi connectivity index (χ3v) is 8.44. The SMILES string of the molecule is CC1CCC(C2CC[C@H](C3CCC(c4cc(F)c(/C(F)=C/C(F)(F)F)c(F)c4)CC3)OC2)CC1. The highest BCUT2D eigenvalue weighted by atomic mass is 19.4. The molecular weight excluding hydrogens is 454 g/mol. The third-order valence-electron chi connectivity index (χ3n) is 8.44. The molecule has 2 aliphatic carbocycles. The Kier molecular flexibility index (Phi) is 8.00. The van der Waals surface area contributed by atoms with E-state index in [0.29, 0.717) is 17.4 Å². The van der Waals surface area contributed by atoms with Crippen molar-refractivity contribution >= 4 is 5.83 Å². The summed E-state index contributed by atoms with van der Waals surface area (Å²) < 4.78 is 86.0. The van der Waals surface area contributed by atoms with E-state index < -0.39 is 35.3 Å². The molecule has 1 saturated heterocycles. The van der Waals surface area contributed by atoms with E-state index in [0.717, 1.165) is 62.7 Å². The lowest BCUT2D eigenvalue weighted by atomic mass is 9.72. The number of alkyl halides is 3. The van der Waals surface area contributed by atoms with Crippen LogP contribution < -0.4 is 0 Å². The summed E-state index contributed by atoms with van der Waals surface area (Å²) in [5.41, 5.74) is -0.875. The van der Waals surface area contributed by atoms with Crippen LogP contribution in [0, 0.1) is 35.3 Å². The first-order chi connectivity index (χ1) is 16.1. The Hall–Kier alpha value is -1.50. The zero-order valence-corrected chi connectivity index (χ0v) is 19.7. The first-order valence-electron chi connectivity index (χ1n) is 12.7. The van der Waals surface area contributed by atoms with Gasteiger partial charge in [0.1, 0.15) is 17.5 Å². The van der Waals surface area contributed by atoms with E-state index in [2.05, 4.69) is 6.92 Å². The van der Waals surface area contributed by atoms with Crippen LogP contribution in [0.3, 0.4) is 0 Å². The Balaban J connectivity index is 1.31. The highest BCUT2D eigenvalue weighted by Crippen LogP contribution is 2.43. The zero-order chi connectivity index (χ0) is 24.5. The second kappa shape index (κ2) is 10.6. The van der Waals surface area contributed by atoms with Gasteiger partial charge in [-0.15, -0.1) is 0 Å². The molecule has 0 radical (unpaired) electrons. The summed E-state index contributed by atoms with van der Waals surface area (Å²) in [5, 5.41) is 0. The van der Waals surface area contributed by atoms with Crippen LogP contribution in [0.25, 0.3) is 5.83 Å². The van der Waals surface area contributed by atoms with Gasteiger partial charge in [-0.2, -0.15) is 13.2 Å². The number of hydrogen-bond acceptors (Lipinski definition) is 1. The van der Waals surface area contributed by atoms with Crippen LogP contribution in [-0.4, -0.2) is 18.9 Å². The number of hydrogen-bond donors (Lipinski definition) is 0. The molecule has 2 atom stereocenters. The smallest absolute Gasteiger partial charge is 0.378 e. The van der Waals surface area contributed by atoms with Crippen LogP contribution in [0.1, 0.15) is 88.2 Å². The summed E-state index contributed by atoms with van der Waals surface area (Å²) in [7, 11) is 0. The standard InChI is InChI=1S/C27H34F6O/c1-16-2-4-17(5-3-16)20-10-11-25(34-15-20)19-8-6-18(7-9-19)21-12-22(28)26(23(29)13-21)24(30)14-27(31,32)33/h12-14,16-20,25H,2-11,15H2,1H3/b24-14-/t16?,17?,18?,19?,20?,25-/m1/s1. The lowest BCUT2D eigenvalue weighted by Crippen LogP contribution is -2.37. The molecule has 4 rings (SSSR count). The molecule has 1 heterocycles. The van der Waals surface area contributed by atoms with Gasteiger partial charge in [0.05, 0.1) is 24.4 Å². The molecule has 0 amide bonds. The minimum Gasteiger partial charge on any atom is -0.378 e. The summed E-state index contributed by atoms with van der Waals surface area (Å²) >= 11 is 0. The van der Waals surface area contributed by atoms with E-state index >= 15 is 0 Å². The monoisotopic (exact) mass is 488 g/mol. The van der Waals surface area contributed by atoms with Crippen LogP contribution >= 0.6 is 0 Å². The molecule has 0 bridgehead atoms. The molecule has 0 spiro atoms. The number of allylic oxidation sites excluding steroid dienone is 1. The van der Waals surface area contributed by atoms with Crippen molar-refractivity contribution in [2.75, 3.05) is 6.61 Å². The van der Waals surface area contributed by atoms with Gasteiger partial charge < -0.3 is 4.74 Å². The predicted octanol–water partition coefficient (Wildman–Crippen LogP) is 8.73. The number of halogens is 6. The summed E-state index contributed by atoms with van der Waals surface area (Å²) in [5.74, 6) is -1.92. The van der Waals surface area contributed by atoms with Gasteiger partial charge >= 0.3 is 6.18 Å². The number of rotatable bonds is 4. The van der Waals surface area contributed by atoms with Crippen molar-refractivity contribution in [2.45, 2.75) is 89.3 Å². The van der Waals surface area contributed by atoms with Gasteiger partial charge in [-0.1, -0.05) is 19.8 Å². The van der Waals surface area contributed by atoms with Crippen LogP contribution in [0.2, 0.25) is 0 Å². The molecule has 0 N–H and O–H groups in total. The zero-order valence-electron chi connectivity index (χ0n) is 19.7. The molecule has 7 heteroatoms. The molecule has 2 saturated carbocycles. The minimum atomic E-state index is -4.99. The van der Waals surface area contributed by atoms with Gasteiger partial charge in [0.2, 0.25) is 0 Å². The van der Waals surface area contributed by atoms with E-state index in [-0.39, 0.29) is 12.0 Å². The van der Waals surface area contributed by atoms with Crippen molar-refractivity contribution in [3.05, 3.63) is 41.0 Å². The molecule has 1 aromatic rings. The molecule has 3 aliphatic rings. The van der Waals surface area contributed by atoms with E-state index in [1.165, 1.54) is 32.1 Å². The molecule has 0 aromatic heterocycles. The molecule has 3 fully saturated rings. The van der Waals surface area contributed by atoms with Crippen LogP contribution in [-0.2, 0) is 4.74 Å². The van der Waals surface area contributed by atoms with Gasteiger partial charge in [0, 0.05) is 0 Å². The Morgan fingerprint density at radius 3 is 1.91 bits per heavy atom. The van der Waals surface area contributed by atoms with Crippen molar-refractivity contribution in [2.24, 2.45) is 23.7 Å². The van der Waals surface area contributed by atoms with E-state index in [1.54, 1.807) is 0 Å². The summed E-state index contributed by atoms with van der Waals surface area (Å²) in [6.45, 7) is 3.17. The fraction of sp³-hybridized carbons (Fsp3) is 0.704. The lowest BCUT2D eigenvalue weighted by molar-refractivity contribution is -0.0798. The van der Waals surface area contributed by atoms with Gasteiger partial charge in [-0.05, 0) is 98.7 Å². The lowest BCUT2D eigenvalue weighted by Gasteiger charge is -2.41. The Morgan fingerprint density at radius 1 is 0.824 bits per heavy atom. The predicted molar refractivity (Wildman–Crippen MR) is 120 cm³/mol. The average Bonchev–Trinajstić information content (AvgIpc) is 2.78. The topological polar surface area (TPSA) is 9.23 Å². The van der Waals surface area contributed by atoms with Crippen molar-refractivity contribution < 1.29 is 31.1 Å². The second-order valence-corrected chi connectivity index (χ2v) is 10.7. The van der Waals surface area contributed by atoms with Gasteiger partial charge in [-0.25, -0.2) is 13.2 Å². The van der Waals surface area contributed by atoms with Crippen LogP contribution in [0.5, 0.6) is 0 Å². The maximum Gasteiger partial charge on any atom is 0.412 e. The molecule has 1 aliphatic heterocycles. The van der Waals surface area contributed by atoms with Gasteiger partial charge in [0.15, 0.2) is 0 Å². The highest BCUT2D eigenvalue weighted by molar-refractivity contribution is 5.61. The van der Waals surface area contributed by atoms with Crippen LogP contribution in [0.15, 0.2) is 18.2 Å². The second-order valence-electron chi connectivity index (χ2n) is 10.7. The summed E-state index contributed by atoms with van der Waals surface area (Å²) in [6.07, 6.45) is 5.29. The van der Waals surface area contributed by atoms with Crippen molar-refractivity contribution in [1.82, 2.24) is 0 Å². The van der Waals surface area contributed by atoms with E-state index in [4.69, 9.17) is 4.74 Å². The Bertz CT molecular complexity index is 831.